The fraction of sp³-hybridized carbons (Fsp3) is 0.176. The largest absolute Gasteiger partial charge is 0.454 e. The second-order valence-corrected chi connectivity index (χ2v) is 6.06. The van der Waals surface area contributed by atoms with Crippen molar-refractivity contribution >= 4 is 40.3 Å². The molecule has 0 atom stereocenters. The van der Waals surface area contributed by atoms with E-state index in [0.717, 1.165) is 34.0 Å². The van der Waals surface area contributed by atoms with Gasteiger partial charge in [-0.05, 0) is 62.0 Å². The van der Waals surface area contributed by atoms with Gasteiger partial charge >= 0.3 is 0 Å². The number of ether oxygens (including phenoxy) is 2. The van der Waals surface area contributed by atoms with Crippen LogP contribution < -0.4 is 20.2 Å². The third kappa shape index (κ3) is 3.60. The zero-order chi connectivity index (χ0) is 17.1. The lowest BCUT2D eigenvalue weighted by molar-refractivity contribution is 0.174. The van der Waals surface area contributed by atoms with Gasteiger partial charge in [0.15, 0.2) is 16.6 Å². The zero-order valence-corrected chi connectivity index (χ0v) is 14.8. The van der Waals surface area contributed by atoms with Gasteiger partial charge in [0.1, 0.15) is 0 Å². The van der Waals surface area contributed by atoms with Gasteiger partial charge in [0.2, 0.25) is 6.79 Å². The molecule has 124 valence electrons. The Bertz CT molecular complexity index is 823. The van der Waals surface area contributed by atoms with Gasteiger partial charge in [0.05, 0.1) is 5.71 Å². The molecule has 0 saturated heterocycles. The highest BCUT2D eigenvalue weighted by molar-refractivity contribution is 7.80. The van der Waals surface area contributed by atoms with Gasteiger partial charge in [-0.3, -0.25) is 5.43 Å². The minimum absolute atomic E-state index is 0.250. The summed E-state index contributed by atoms with van der Waals surface area (Å²) in [6, 6.07) is 11.3. The van der Waals surface area contributed by atoms with Crippen LogP contribution in [-0.4, -0.2) is 17.6 Å². The monoisotopic (exact) mass is 361 g/mol. The van der Waals surface area contributed by atoms with Crippen LogP contribution in [0.1, 0.15) is 18.1 Å². The molecule has 0 spiro atoms. The predicted molar refractivity (Wildman–Crippen MR) is 100 cm³/mol. The molecule has 1 aliphatic rings. The van der Waals surface area contributed by atoms with Crippen LogP contribution in [0.3, 0.4) is 0 Å². The van der Waals surface area contributed by atoms with E-state index in [4.69, 9.17) is 33.3 Å². The van der Waals surface area contributed by atoms with Crippen LogP contribution in [-0.2, 0) is 0 Å². The van der Waals surface area contributed by atoms with Crippen molar-refractivity contribution in [3.8, 4) is 11.5 Å². The molecule has 5 nitrogen and oxygen atoms in total. The predicted octanol–water partition coefficient (Wildman–Crippen LogP) is 4.09. The summed E-state index contributed by atoms with van der Waals surface area (Å²) in [6.45, 7) is 4.06. The molecular formula is C17H16ClN3O2S. The summed E-state index contributed by atoms with van der Waals surface area (Å²) in [5.41, 5.74) is 6.31. The lowest BCUT2D eigenvalue weighted by atomic mass is 10.1. The van der Waals surface area contributed by atoms with Crippen LogP contribution in [0.2, 0.25) is 5.02 Å². The van der Waals surface area contributed by atoms with Crippen LogP contribution in [0.15, 0.2) is 41.5 Å². The van der Waals surface area contributed by atoms with Crippen molar-refractivity contribution in [1.82, 2.24) is 5.43 Å². The Balaban J connectivity index is 1.66. The molecule has 24 heavy (non-hydrogen) atoms. The lowest BCUT2D eigenvalue weighted by Gasteiger charge is -2.11. The lowest BCUT2D eigenvalue weighted by Crippen LogP contribution is -2.25. The molecule has 0 aromatic heterocycles. The SMILES string of the molecule is C/C(=N\NC(=S)Nc1cccc(Cl)c1C)c1ccc2c(c1)OCO2. The Morgan fingerprint density at radius 2 is 2.00 bits per heavy atom. The van der Waals surface area contributed by atoms with Crippen molar-refractivity contribution in [2.75, 3.05) is 12.1 Å². The highest BCUT2D eigenvalue weighted by Crippen LogP contribution is 2.32. The first-order valence-corrected chi connectivity index (χ1v) is 8.09. The summed E-state index contributed by atoms with van der Waals surface area (Å²) in [6.07, 6.45) is 0. The summed E-state index contributed by atoms with van der Waals surface area (Å²) in [7, 11) is 0. The second-order valence-electron chi connectivity index (χ2n) is 5.24. The zero-order valence-electron chi connectivity index (χ0n) is 13.2. The van der Waals surface area contributed by atoms with E-state index in [0.29, 0.717) is 10.1 Å². The molecule has 0 amide bonds. The molecule has 2 aromatic rings. The molecule has 0 unspecified atom stereocenters. The summed E-state index contributed by atoms with van der Waals surface area (Å²) < 4.78 is 10.7. The first-order chi connectivity index (χ1) is 11.5. The van der Waals surface area contributed by atoms with E-state index in [1.165, 1.54) is 0 Å². The van der Waals surface area contributed by atoms with Crippen LogP contribution in [0.4, 0.5) is 5.69 Å². The van der Waals surface area contributed by atoms with Crippen molar-refractivity contribution in [2.24, 2.45) is 5.10 Å². The Morgan fingerprint density at radius 1 is 1.21 bits per heavy atom. The normalized spacial score (nSPS) is 12.9. The number of thiocarbonyl (C=S) groups is 1. The van der Waals surface area contributed by atoms with Gasteiger partial charge in [-0.1, -0.05) is 17.7 Å². The number of anilines is 1. The number of fused-ring (bicyclic) bond motifs is 1. The van der Waals surface area contributed by atoms with Gasteiger partial charge in [0, 0.05) is 16.3 Å². The summed E-state index contributed by atoms with van der Waals surface area (Å²) >= 11 is 11.4. The van der Waals surface area contributed by atoms with Gasteiger partial charge in [-0.2, -0.15) is 5.10 Å². The maximum absolute atomic E-state index is 6.10. The molecule has 0 fully saturated rings. The molecule has 2 aromatic carbocycles. The van der Waals surface area contributed by atoms with Crippen LogP contribution >= 0.6 is 23.8 Å². The molecule has 0 bridgehead atoms. The van der Waals surface area contributed by atoms with Gasteiger partial charge in [0.25, 0.3) is 0 Å². The molecule has 2 N–H and O–H groups in total. The van der Waals surface area contributed by atoms with Crippen molar-refractivity contribution in [3.63, 3.8) is 0 Å². The van der Waals surface area contributed by atoms with E-state index >= 15 is 0 Å². The van der Waals surface area contributed by atoms with Crippen molar-refractivity contribution in [1.29, 1.82) is 0 Å². The van der Waals surface area contributed by atoms with E-state index < -0.39 is 0 Å². The third-order valence-electron chi connectivity index (χ3n) is 3.63. The van der Waals surface area contributed by atoms with Gasteiger partial charge in [-0.25, -0.2) is 0 Å². The Hall–Kier alpha value is -2.31. The maximum Gasteiger partial charge on any atom is 0.231 e. The summed E-state index contributed by atoms with van der Waals surface area (Å²) in [5.74, 6) is 1.46. The number of benzene rings is 2. The smallest absolute Gasteiger partial charge is 0.231 e. The number of halogens is 1. The van der Waals surface area contributed by atoms with E-state index in [1.54, 1.807) is 0 Å². The van der Waals surface area contributed by atoms with Crippen LogP contribution in [0.5, 0.6) is 11.5 Å². The fourth-order valence-electron chi connectivity index (χ4n) is 2.21. The summed E-state index contributed by atoms with van der Waals surface area (Å²) in [4.78, 5) is 0. The van der Waals surface area contributed by atoms with Gasteiger partial charge in [-0.15, -0.1) is 0 Å². The minimum Gasteiger partial charge on any atom is -0.454 e. The van der Waals surface area contributed by atoms with Crippen molar-refractivity contribution in [2.45, 2.75) is 13.8 Å². The summed E-state index contributed by atoms with van der Waals surface area (Å²) in [5, 5.41) is 8.46. The molecule has 0 saturated carbocycles. The van der Waals surface area contributed by atoms with E-state index in [2.05, 4.69) is 15.8 Å². The number of hydrogen-bond acceptors (Lipinski definition) is 4. The minimum atomic E-state index is 0.250. The average Bonchev–Trinajstić information content (AvgIpc) is 3.04. The Labute approximate surface area is 150 Å². The molecule has 0 aliphatic carbocycles. The van der Waals surface area contributed by atoms with Crippen molar-refractivity contribution < 1.29 is 9.47 Å². The maximum atomic E-state index is 6.10. The molecule has 1 aliphatic heterocycles. The topological polar surface area (TPSA) is 54.9 Å². The number of rotatable bonds is 3. The van der Waals surface area contributed by atoms with Crippen molar-refractivity contribution in [3.05, 3.63) is 52.5 Å². The average molecular weight is 362 g/mol. The van der Waals surface area contributed by atoms with E-state index in [1.807, 2.05) is 50.2 Å². The number of nitrogens with zero attached hydrogens (tertiary/aromatic N) is 1. The number of hydrazone groups is 1. The second kappa shape index (κ2) is 7.07. The highest BCUT2D eigenvalue weighted by Gasteiger charge is 2.14. The van der Waals surface area contributed by atoms with E-state index in [9.17, 15) is 0 Å². The highest BCUT2D eigenvalue weighted by atomic mass is 35.5. The number of hydrogen-bond donors (Lipinski definition) is 2. The number of nitrogens with one attached hydrogen (secondary N) is 2. The van der Waals surface area contributed by atoms with Gasteiger partial charge < -0.3 is 14.8 Å². The van der Waals surface area contributed by atoms with Crippen LogP contribution in [0, 0.1) is 6.92 Å². The molecule has 7 heteroatoms. The first-order valence-electron chi connectivity index (χ1n) is 7.31. The fourth-order valence-corrected chi connectivity index (χ4v) is 2.54. The van der Waals surface area contributed by atoms with E-state index in [-0.39, 0.29) is 6.79 Å². The quantitative estimate of drug-likeness (QED) is 0.490. The molecule has 0 radical (unpaired) electrons. The first kappa shape index (κ1) is 16.5. The molecule has 1 heterocycles. The Morgan fingerprint density at radius 3 is 2.83 bits per heavy atom. The van der Waals surface area contributed by atoms with Crippen LogP contribution in [0.25, 0.3) is 0 Å². The molecular weight excluding hydrogens is 346 g/mol. The standard InChI is InChI=1S/C17H16ClN3O2S/c1-10-13(18)4-3-5-14(10)19-17(24)21-20-11(2)12-6-7-15-16(8-12)23-9-22-15/h3-8H,9H2,1-2H3,(H2,19,21,24)/b20-11+. The third-order valence-corrected chi connectivity index (χ3v) is 4.23. The Kier molecular flexibility index (Phi) is 4.87. The molecule has 3 rings (SSSR count).